The summed E-state index contributed by atoms with van der Waals surface area (Å²) in [5.41, 5.74) is 0.974. The van der Waals surface area contributed by atoms with Crippen LogP contribution in [0.3, 0.4) is 0 Å². The number of esters is 2. The van der Waals surface area contributed by atoms with Gasteiger partial charge in [0.15, 0.2) is 0 Å². The van der Waals surface area contributed by atoms with Crippen molar-refractivity contribution in [3.63, 3.8) is 0 Å². The van der Waals surface area contributed by atoms with Crippen molar-refractivity contribution in [2.45, 2.75) is 124 Å². The number of fused-ring (bicyclic) bond motifs is 4. The van der Waals surface area contributed by atoms with Crippen LogP contribution in [0.25, 0.3) is 0 Å². The maximum Gasteiger partial charge on any atom is 0.333 e. The number of ether oxygens (including phenoxy) is 2. The van der Waals surface area contributed by atoms with Gasteiger partial charge < -0.3 is 9.47 Å². The zero-order valence-electron chi connectivity index (χ0n) is 24.9. The molecule has 0 saturated heterocycles. The zero-order chi connectivity index (χ0) is 27.6. The lowest BCUT2D eigenvalue weighted by Crippen LogP contribution is -2.47. The first-order valence-electron chi connectivity index (χ1n) is 15.8. The van der Waals surface area contributed by atoms with E-state index >= 15 is 0 Å². The van der Waals surface area contributed by atoms with Crippen molar-refractivity contribution in [3.8, 4) is 0 Å². The molecule has 0 spiro atoms. The van der Waals surface area contributed by atoms with E-state index < -0.39 is 0 Å². The summed E-state index contributed by atoms with van der Waals surface area (Å²) in [7, 11) is 0. The predicted octanol–water partition coefficient (Wildman–Crippen LogP) is 8.30. The Hall–Kier alpha value is -1.58. The van der Waals surface area contributed by atoms with Gasteiger partial charge in [-0.25, -0.2) is 9.59 Å². The molecule has 9 atom stereocenters. The van der Waals surface area contributed by atoms with Crippen LogP contribution < -0.4 is 0 Å². The van der Waals surface area contributed by atoms with E-state index in [9.17, 15) is 9.59 Å². The minimum Gasteiger partial charge on any atom is -0.458 e. The minimum atomic E-state index is -0.256. The third-order valence-corrected chi connectivity index (χ3v) is 10.7. The molecule has 0 aromatic rings. The molecule has 4 nitrogen and oxygen atoms in total. The smallest absolute Gasteiger partial charge is 0.333 e. The molecule has 0 aromatic heterocycles. The second-order valence-corrected chi connectivity index (χ2v) is 14.2. The second kappa shape index (κ2) is 12.7. The molecule has 0 radical (unpaired) electrons. The van der Waals surface area contributed by atoms with Gasteiger partial charge in [-0.1, -0.05) is 72.5 Å². The molecule has 4 aliphatic carbocycles. The van der Waals surface area contributed by atoms with Crippen molar-refractivity contribution in [2.75, 3.05) is 0 Å². The number of hydrogen-bond acceptors (Lipinski definition) is 4. The van der Waals surface area contributed by atoms with Crippen molar-refractivity contribution >= 4 is 11.9 Å². The van der Waals surface area contributed by atoms with Crippen molar-refractivity contribution in [1.82, 2.24) is 0 Å². The molecule has 0 aromatic carbocycles. The number of rotatable bonds is 10. The summed E-state index contributed by atoms with van der Waals surface area (Å²) in [6, 6.07) is 0. The van der Waals surface area contributed by atoms with Crippen molar-refractivity contribution in [2.24, 2.45) is 53.3 Å². The van der Waals surface area contributed by atoms with Crippen molar-refractivity contribution in [3.05, 3.63) is 24.3 Å². The number of hydrogen-bond donors (Lipinski definition) is 0. The molecule has 9 unspecified atom stereocenters. The molecule has 0 amide bonds. The molecule has 4 aliphatic rings. The maximum absolute atomic E-state index is 12.9. The Morgan fingerprint density at radius 1 is 0.737 bits per heavy atom. The van der Waals surface area contributed by atoms with E-state index in [4.69, 9.17) is 9.47 Å². The molecule has 214 valence electrons. The summed E-state index contributed by atoms with van der Waals surface area (Å²) in [4.78, 5) is 25.6. The van der Waals surface area contributed by atoms with E-state index in [1.807, 2.05) is 0 Å². The average molecular weight is 527 g/mol. The highest BCUT2D eigenvalue weighted by Gasteiger charge is 2.47. The van der Waals surface area contributed by atoms with E-state index in [1.165, 1.54) is 64.2 Å². The van der Waals surface area contributed by atoms with Crippen molar-refractivity contribution in [1.29, 1.82) is 0 Å². The lowest BCUT2D eigenvalue weighted by molar-refractivity contribution is -0.159. The van der Waals surface area contributed by atoms with Crippen LogP contribution in [0, 0.1) is 53.3 Å². The summed E-state index contributed by atoms with van der Waals surface area (Å²) in [5, 5.41) is 0. The molecular formula is C34H54O4. The highest BCUT2D eigenvalue weighted by atomic mass is 16.5. The Morgan fingerprint density at radius 2 is 1.26 bits per heavy atom. The second-order valence-electron chi connectivity index (χ2n) is 14.2. The van der Waals surface area contributed by atoms with Crippen LogP contribution in [0.5, 0.6) is 0 Å². The van der Waals surface area contributed by atoms with Crippen LogP contribution in [0.1, 0.15) is 112 Å². The van der Waals surface area contributed by atoms with Crippen LogP contribution in [0.2, 0.25) is 0 Å². The van der Waals surface area contributed by atoms with E-state index in [1.54, 1.807) is 13.8 Å². The van der Waals surface area contributed by atoms with Gasteiger partial charge in [0, 0.05) is 11.1 Å². The number of carbonyl (C=O) groups excluding carboxylic acids is 2. The fourth-order valence-corrected chi connectivity index (χ4v) is 9.05. The van der Waals surface area contributed by atoms with Gasteiger partial charge in [0.2, 0.25) is 0 Å². The summed E-state index contributed by atoms with van der Waals surface area (Å²) >= 11 is 0. The molecule has 0 heterocycles. The molecule has 4 bridgehead atoms. The fourth-order valence-electron chi connectivity index (χ4n) is 9.05. The number of carbonyl (C=O) groups is 2. The summed E-state index contributed by atoms with van der Waals surface area (Å²) < 4.78 is 12.5. The first-order valence-corrected chi connectivity index (χ1v) is 15.8. The first kappa shape index (κ1) is 29.4. The van der Waals surface area contributed by atoms with E-state index in [0.29, 0.717) is 34.8 Å². The van der Waals surface area contributed by atoms with Gasteiger partial charge in [-0.05, 0) is 106 Å². The lowest BCUT2D eigenvalue weighted by atomic mass is 9.57. The predicted molar refractivity (Wildman–Crippen MR) is 153 cm³/mol. The van der Waals surface area contributed by atoms with Crippen LogP contribution >= 0.6 is 0 Å². The summed E-state index contributed by atoms with van der Waals surface area (Å²) in [6.07, 6.45) is 15.0. The molecule has 4 fully saturated rings. The molecular weight excluding hydrogens is 472 g/mol. The van der Waals surface area contributed by atoms with Gasteiger partial charge >= 0.3 is 11.9 Å². The van der Waals surface area contributed by atoms with Crippen LogP contribution in [0.4, 0.5) is 0 Å². The normalized spacial score (nSPS) is 35.1. The van der Waals surface area contributed by atoms with Gasteiger partial charge in [-0.2, -0.15) is 0 Å². The first-order chi connectivity index (χ1) is 18.0. The van der Waals surface area contributed by atoms with Gasteiger partial charge in [0.25, 0.3) is 0 Å². The van der Waals surface area contributed by atoms with E-state index in [-0.39, 0.29) is 36.0 Å². The Kier molecular flexibility index (Phi) is 9.85. The third-order valence-electron chi connectivity index (χ3n) is 10.7. The monoisotopic (exact) mass is 526 g/mol. The highest BCUT2D eigenvalue weighted by Crippen LogP contribution is 2.52. The van der Waals surface area contributed by atoms with Gasteiger partial charge in [-0.15, -0.1) is 0 Å². The minimum absolute atomic E-state index is 0.0555. The maximum atomic E-state index is 12.9. The Balaban J connectivity index is 1.58. The largest absolute Gasteiger partial charge is 0.458 e. The molecule has 4 saturated carbocycles. The fraction of sp³-hybridized carbons (Fsp3) is 0.824. The van der Waals surface area contributed by atoms with Gasteiger partial charge in [-0.3, -0.25) is 0 Å². The Morgan fingerprint density at radius 3 is 1.82 bits per heavy atom. The Labute approximate surface area is 232 Å². The van der Waals surface area contributed by atoms with Crippen LogP contribution in [0.15, 0.2) is 24.3 Å². The highest BCUT2D eigenvalue weighted by molar-refractivity contribution is 5.87. The Bertz CT molecular complexity index is 862. The van der Waals surface area contributed by atoms with Crippen LogP contribution in [-0.4, -0.2) is 24.1 Å². The molecule has 38 heavy (non-hydrogen) atoms. The standard InChI is InChI=1S/C34H54O4/c1-20(2)31(37-33(35)21(3)4)30-19-26-12-9-13-27(16-26)29(30)14-23(7)32(38-34(36)22(5)6)28-17-24-10-8-11-25(15-24)18-28/h20,23-32H,3,5,8-19H2,1-2,4,6-7H3. The average Bonchev–Trinajstić information content (AvgIpc) is 2.86. The zero-order valence-corrected chi connectivity index (χ0v) is 24.9. The quantitative estimate of drug-likeness (QED) is 0.212. The van der Waals surface area contributed by atoms with E-state index in [0.717, 1.165) is 30.6 Å². The molecule has 4 heteroatoms. The molecule has 0 aliphatic heterocycles. The summed E-state index contributed by atoms with van der Waals surface area (Å²) in [6.45, 7) is 18.0. The van der Waals surface area contributed by atoms with E-state index in [2.05, 4.69) is 33.9 Å². The van der Waals surface area contributed by atoms with Gasteiger partial charge in [0.05, 0.1) is 0 Å². The van der Waals surface area contributed by atoms with Crippen LogP contribution in [-0.2, 0) is 19.1 Å². The SMILES string of the molecule is C=C(C)C(=O)OC(C(C)CC1C2CCCC(C2)CC1C(OC(=O)C(=C)C)C(C)C)C1CC2CCCC(C2)C1. The van der Waals surface area contributed by atoms with Gasteiger partial charge in [0.1, 0.15) is 12.2 Å². The lowest BCUT2D eigenvalue weighted by Gasteiger charge is -2.50. The molecule has 4 rings (SSSR count). The molecule has 0 N–H and O–H groups in total. The third kappa shape index (κ3) is 6.94. The topological polar surface area (TPSA) is 52.6 Å². The van der Waals surface area contributed by atoms with Crippen molar-refractivity contribution < 1.29 is 19.1 Å². The summed E-state index contributed by atoms with van der Waals surface area (Å²) in [5.74, 6) is 4.33.